The van der Waals surface area contributed by atoms with Gasteiger partial charge in [0, 0.05) is 16.1 Å². The Morgan fingerprint density at radius 3 is 2.88 bits per heavy atom. The van der Waals surface area contributed by atoms with Crippen LogP contribution in [0, 0.1) is 15.3 Å². The van der Waals surface area contributed by atoms with Crippen LogP contribution in [0.15, 0.2) is 18.2 Å². The Morgan fingerprint density at radius 2 is 2.25 bits per heavy atom. The van der Waals surface area contributed by atoms with Gasteiger partial charge < -0.3 is 9.47 Å². The molecule has 0 saturated carbocycles. The summed E-state index contributed by atoms with van der Waals surface area (Å²) in [5, 5.41) is 0. The lowest BCUT2D eigenvalue weighted by molar-refractivity contribution is -0.121. The molecule has 0 spiro atoms. The van der Waals surface area contributed by atoms with E-state index in [0.717, 1.165) is 19.4 Å². The molecule has 1 aliphatic heterocycles. The fourth-order valence-electron chi connectivity index (χ4n) is 1.65. The number of halogens is 2. The van der Waals surface area contributed by atoms with E-state index in [9.17, 15) is 4.39 Å². The van der Waals surface area contributed by atoms with Crippen molar-refractivity contribution >= 4 is 22.6 Å². The summed E-state index contributed by atoms with van der Waals surface area (Å²) in [4.78, 5) is 0. The third kappa shape index (κ3) is 3.07. The first-order valence-corrected chi connectivity index (χ1v) is 6.46. The highest BCUT2D eigenvalue weighted by Gasteiger charge is 2.20. The molecule has 1 aromatic carbocycles. The Kier molecular flexibility index (Phi) is 4.02. The zero-order valence-corrected chi connectivity index (χ0v) is 11.2. The molecule has 16 heavy (non-hydrogen) atoms. The Bertz CT molecular complexity index is 362. The quantitative estimate of drug-likeness (QED) is 0.769. The second kappa shape index (κ2) is 5.31. The molecular formula is C12H14FIO2. The van der Waals surface area contributed by atoms with Crippen molar-refractivity contribution in [3.05, 3.63) is 27.6 Å². The van der Waals surface area contributed by atoms with E-state index >= 15 is 0 Å². The van der Waals surface area contributed by atoms with Crippen molar-refractivity contribution in [2.45, 2.75) is 26.1 Å². The van der Waals surface area contributed by atoms with Gasteiger partial charge in [-0.25, -0.2) is 4.39 Å². The average molecular weight is 336 g/mol. The number of hydrogen-bond acceptors (Lipinski definition) is 2. The maximum Gasteiger partial charge on any atom is 0.199 e. The first-order chi connectivity index (χ1) is 7.65. The Morgan fingerprint density at radius 1 is 1.44 bits per heavy atom. The topological polar surface area (TPSA) is 18.5 Å². The Balaban J connectivity index is 1.96. The zero-order valence-electron chi connectivity index (χ0n) is 9.08. The van der Waals surface area contributed by atoms with Gasteiger partial charge in [0.2, 0.25) is 0 Å². The summed E-state index contributed by atoms with van der Waals surface area (Å²) in [6.45, 7) is 2.87. The zero-order chi connectivity index (χ0) is 11.5. The third-order valence-electron chi connectivity index (χ3n) is 2.62. The standard InChI is InChI=1S/C12H14FIO2/c1-8-2-5-12(15-7-8)16-9-3-4-11(14)10(13)6-9/h3-4,6,8,12H,2,5,7H2,1H3. The van der Waals surface area contributed by atoms with Crippen LogP contribution >= 0.6 is 22.6 Å². The summed E-state index contributed by atoms with van der Waals surface area (Å²) in [6, 6.07) is 4.88. The predicted molar refractivity (Wildman–Crippen MR) is 67.9 cm³/mol. The van der Waals surface area contributed by atoms with Crippen molar-refractivity contribution in [1.29, 1.82) is 0 Å². The van der Waals surface area contributed by atoms with Crippen molar-refractivity contribution in [2.75, 3.05) is 6.61 Å². The summed E-state index contributed by atoms with van der Waals surface area (Å²) < 4.78 is 25.0. The van der Waals surface area contributed by atoms with Crippen LogP contribution in [0.2, 0.25) is 0 Å². The van der Waals surface area contributed by atoms with E-state index in [-0.39, 0.29) is 12.1 Å². The van der Waals surface area contributed by atoms with Crippen molar-refractivity contribution in [3.8, 4) is 5.75 Å². The van der Waals surface area contributed by atoms with Crippen LogP contribution in [0.3, 0.4) is 0 Å². The van der Waals surface area contributed by atoms with Gasteiger partial charge in [0.1, 0.15) is 11.6 Å². The minimum absolute atomic E-state index is 0.226. The van der Waals surface area contributed by atoms with E-state index in [1.165, 1.54) is 6.07 Å². The second-order valence-electron chi connectivity index (χ2n) is 4.14. The molecule has 0 aliphatic carbocycles. The maximum absolute atomic E-state index is 13.3. The molecule has 1 aromatic rings. The highest BCUT2D eigenvalue weighted by atomic mass is 127. The molecule has 1 saturated heterocycles. The smallest absolute Gasteiger partial charge is 0.199 e. The molecule has 0 radical (unpaired) electrons. The molecule has 0 amide bonds. The number of hydrogen-bond donors (Lipinski definition) is 0. The van der Waals surface area contributed by atoms with Crippen LogP contribution in [0.4, 0.5) is 4.39 Å². The van der Waals surface area contributed by atoms with E-state index in [1.54, 1.807) is 12.1 Å². The van der Waals surface area contributed by atoms with Crippen LogP contribution in [-0.2, 0) is 4.74 Å². The minimum Gasteiger partial charge on any atom is -0.465 e. The number of ether oxygens (including phenoxy) is 2. The maximum atomic E-state index is 13.3. The van der Waals surface area contributed by atoms with Crippen LogP contribution < -0.4 is 4.74 Å². The van der Waals surface area contributed by atoms with Gasteiger partial charge >= 0.3 is 0 Å². The molecule has 2 atom stereocenters. The Labute approximate surface area is 108 Å². The van der Waals surface area contributed by atoms with Crippen LogP contribution in [0.5, 0.6) is 5.75 Å². The van der Waals surface area contributed by atoms with E-state index in [1.807, 2.05) is 22.6 Å². The lowest BCUT2D eigenvalue weighted by atomic mass is 10.0. The van der Waals surface area contributed by atoms with Crippen LogP contribution in [0.25, 0.3) is 0 Å². The molecule has 0 N–H and O–H groups in total. The summed E-state index contributed by atoms with van der Waals surface area (Å²) in [5.41, 5.74) is 0. The van der Waals surface area contributed by atoms with E-state index < -0.39 is 0 Å². The largest absolute Gasteiger partial charge is 0.465 e. The van der Waals surface area contributed by atoms with Crippen molar-refractivity contribution in [2.24, 2.45) is 5.92 Å². The molecular weight excluding hydrogens is 322 g/mol. The molecule has 1 fully saturated rings. The highest BCUT2D eigenvalue weighted by Crippen LogP contribution is 2.23. The SMILES string of the molecule is CC1CCC(Oc2ccc(I)c(F)c2)OC1. The monoisotopic (exact) mass is 336 g/mol. The van der Waals surface area contributed by atoms with Gasteiger partial charge in [0.15, 0.2) is 6.29 Å². The summed E-state index contributed by atoms with van der Waals surface area (Å²) >= 11 is 1.95. The second-order valence-corrected chi connectivity index (χ2v) is 5.30. The third-order valence-corrected chi connectivity index (χ3v) is 3.50. The molecule has 1 heterocycles. The molecule has 0 aromatic heterocycles. The average Bonchev–Trinajstić information content (AvgIpc) is 2.27. The molecule has 0 bridgehead atoms. The number of rotatable bonds is 2. The lowest BCUT2D eigenvalue weighted by Gasteiger charge is -2.27. The van der Waals surface area contributed by atoms with Gasteiger partial charge in [-0.3, -0.25) is 0 Å². The van der Waals surface area contributed by atoms with Gasteiger partial charge in [-0.05, 0) is 47.1 Å². The van der Waals surface area contributed by atoms with Crippen molar-refractivity contribution in [1.82, 2.24) is 0 Å². The molecule has 2 nitrogen and oxygen atoms in total. The van der Waals surface area contributed by atoms with Crippen LogP contribution in [0.1, 0.15) is 19.8 Å². The first-order valence-electron chi connectivity index (χ1n) is 5.38. The van der Waals surface area contributed by atoms with Crippen LogP contribution in [-0.4, -0.2) is 12.9 Å². The predicted octanol–water partition coefficient (Wildman–Crippen LogP) is 3.58. The van der Waals surface area contributed by atoms with Gasteiger partial charge in [-0.2, -0.15) is 0 Å². The van der Waals surface area contributed by atoms with Gasteiger partial charge in [0.25, 0.3) is 0 Å². The summed E-state index contributed by atoms with van der Waals surface area (Å²) in [7, 11) is 0. The number of benzene rings is 1. The van der Waals surface area contributed by atoms with Gasteiger partial charge in [-0.1, -0.05) is 6.92 Å². The summed E-state index contributed by atoms with van der Waals surface area (Å²) in [6.07, 6.45) is 1.74. The minimum atomic E-state index is -0.248. The molecule has 88 valence electrons. The molecule has 1 aliphatic rings. The fraction of sp³-hybridized carbons (Fsp3) is 0.500. The fourth-order valence-corrected chi connectivity index (χ4v) is 1.99. The molecule has 2 unspecified atom stereocenters. The van der Waals surface area contributed by atoms with E-state index in [2.05, 4.69) is 6.92 Å². The normalized spacial score (nSPS) is 25.4. The highest BCUT2D eigenvalue weighted by molar-refractivity contribution is 14.1. The first kappa shape index (κ1) is 12.1. The molecule has 4 heteroatoms. The van der Waals surface area contributed by atoms with E-state index in [4.69, 9.17) is 9.47 Å². The Hall–Kier alpha value is -0.360. The van der Waals surface area contributed by atoms with Crippen molar-refractivity contribution in [3.63, 3.8) is 0 Å². The molecule has 2 rings (SSSR count). The van der Waals surface area contributed by atoms with Gasteiger partial charge in [0.05, 0.1) is 6.61 Å². The summed E-state index contributed by atoms with van der Waals surface area (Å²) in [5.74, 6) is 0.882. The van der Waals surface area contributed by atoms with Gasteiger partial charge in [-0.15, -0.1) is 0 Å². The lowest BCUT2D eigenvalue weighted by Crippen LogP contribution is -2.29. The van der Waals surface area contributed by atoms with Crippen molar-refractivity contribution < 1.29 is 13.9 Å². The van der Waals surface area contributed by atoms with E-state index in [0.29, 0.717) is 15.2 Å².